The number of halogens is 1. The smallest absolute Gasteiger partial charge is 0.265 e. The molecule has 1 aromatic heterocycles. The maximum absolute atomic E-state index is 12.6. The number of aryl methyl sites for hydroxylation is 1. The number of aromatic nitrogens is 2. The van der Waals surface area contributed by atoms with E-state index in [9.17, 15) is 4.79 Å². The number of benzene rings is 2. The van der Waals surface area contributed by atoms with Gasteiger partial charge in [-0.1, -0.05) is 47.6 Å². The summed E-state index contributed by atoms with van der Waals surface area (Å²) < 4.78 is 7.85. The highest BCUT2D eigenvalue weighted by Gasteiger charge is 2.20. The molecule has 0 spiro atoms. The number of ether oxygens (including phenoxy) is 1. The number of carbonyl (C=O) groups excluding carboxylic acids is 1. The first-order chi connectivity index (χ1) is 13.1. The predicted octanol–water partition coefficient (Wildman–Crippen LogP) is 4.72. The van der Waals surface area contributed by atoms with Crippen LogP contribution in [0.25, 0.3) is 11.3 Å². The number of fused-ring (bicyclic) bond motifs is 1. The Kier molecular flexibility index (Phi) is 5.09. The van der Waals surface area contributed by atoms with Gasteiger partial charge in [-0.2, -0.15) is 0 Å². The average molecular weight is 400 g/mol. The van der Waals surface area contributed by atoms with Crippen molar-refractivity contribution in [1.82, 2.24) is 9.55 Å². The van der Waals surface area contributed by atoms with Crippen LogP contribution in [0, 0.1) is 0 Å². The highest BCUT2D eigenvalue weighted by molar-refractivity contribution is 7.99. The van der Waals surface area contributed by atoms with E-state index in [2.05, 4.69) is 14.9 Å². The van der Waals surface area contributed by atoms with Crippen LogP contribution in [0.1, 0.15) is 6.92 Å². The number of carbonyl (C=O) groups is 1. The zero-order valence-electron chi connectivity index (χ0n) is 14.7. The van der Waals surface area contributed by atoms with Crippen molar-refractivity contribution in [2.75, 3.05) is 11.1 Å². The van der Waals surface area contributed by atoms with Crippen molar-refractivity contribution in [3.63, 3.8) is 0 Å². The van der Waals surface area contributed by atoms with Crippen molar-refractivity contribution in [2.45, 2.75) is 24.7 Å². The van der Waals surface area contributed by atoms with Crippen LogP contribution in [0.3, 0.4) is 0 Å². The Labute approximate surface area is 166 Å². The lowest BCUT2D eigenvalue weighted by Crippen LogP contribution is -2.30. The fourth-order valence-corrected chi connectivity index (χ4v) is 4.01. The normalized spacial score (nSPS) is 13.9. The number of para-hydroxylation sites is 1. The van der Waals surface area contributed by atoms with Crippen LogP contribution in [-0.4, -0.2) is 27.3 Å². The van der Waals surface area contributed by atoms with E-state index in [0.29, 0.717) is 16.5 Å². The van der Waals surface area contributed by atoms with Crippen molar-refractivity contribution in [1.29, 1.82) is 0 Å². The van der Waals surface area contributed by atoms with Crippen molar-refractivity contribution < 1.29 is 9.53 Å². The first-order valence-corrected chi connectivity index (χ1v) is 9.99. The second-order valence-electron chi connectivity index (χ2n) is 6.20. The Morgan fingerprint density at radius 1 is 1.30 bits per heavy atom. The SMILES string of the molecule is CC(Oc1cccc(Cl)c1)C(=O)Nc1ccccc1-c1cn2c(n1)SCC2. The number of hydrogen-bond donors (Lipinski definition) is 1. The molecule has 0 saturated carbocycles. The first kappa shape index (κ1) is 17.9. The lowest BCUT2D eigenvalue weighted by Gasteiger charge is -2.16. The molecular formula is C20H18ClN3O2S. The van der Waals surface area contributed by atoms with Gasteiger partial charge < -0.3 is 14.6 Å². The van der Waals surface area contributed by atoms with Crippen LogP contribution in [0.4, 0.5) is 5.69 Å². The summed E-state index contributed by atoms with van der Waals surface area (Å²) in [5, 5.41) is 4.54. The number of rotatable bonds is 5. The minimum Gasteiger partial charge on any atom is -0.481 e. The number of hydrogen-bond acceptors (Lipinski definition) is 4. The number of amides is 1. The van der Waals surface area contributed by atoms with Gasteiger partial charge in [0, 0.05) is 29.1 Å². The van der Waals surface area contributed by atoms with Crippen LogP contribution in [0.15, 0.2) is 59.9 Å². The first-order valence-electron chi connectivity index (χ1n) is 8.62. The molecule has 2 heterocycles. The molecule has 5 nitrogen and oxygen atoms in total. The number of nitrogens with one attached hydrogen (secondary N) is 1. The number of imidazole rings is 1. The Morgan fingerprint density at radius 2 is 2.15 bits per heavy atom. The summed E-state index contributed by atoms with van der Waals surface area (Å²) in [6.45, 7) is 2.67. The van der Waals surface area contributed by atoms with Crippen molar-refractivity contribution in [3.8, 4) is 17.0 Å². The molecule has 1 aliphatic heterocycles. The van der Waals surface area contributed by atoms with E-state index in [1.165, 1.54) is 0 Å². The van der Waals surface area contributed by atoms with Crippen LogP contribution >= 0.6 is 23.4 Å². The molecule has 0 saturated heterocycles. The summed E-state index contributed by atoms with van der Waals surface area (Å²) in [5.74, 6) is 1.38. The van der Waals surface area contributed by atoms with E-state index in [0.717, 1.165) is 28.7 Å². The summed E-state index contributed by atoms with van der Waals surface area (Å²) in [6.07, 6.45) is 1.37. The summed E-state index contributed by atoms with van der Waals surface area (Å²) in [7, 11) is 0. The molecule has 1 unspecified atom stereocenters. The van der Waals surface area contributed by atoms with E-state index < -0.39 is 6.10 Å². The van der Waals surface area contributed by atoms with Crippen LogP contribution in [0.5, 0.6) is 5.75 Å². The van der Waals surface area contributed by atoms with Gasteiger partial charge in [-0.15, -0.1) is 0 Å². The number of nitrogens with zero attached hydrogens (tertiary/aromatic N) is 2. The van der Waals surface area contributed by atoms with Crippen LogP contribution in [-0.2, 0) is 11.3 Å². The highest BCUT2D eigenvalue weighted by Crippen LogP contribution is 2.32. The fraction of sp³-hybridized carbons (Fsp3) is 0.200. The largest absolute Gasteiger partial charge is 0.481 e. The Balaban J connectivity index is 1.51. The van der Waals surface area contributed by atoms with E-state index >= 15 is 0 Å². The molecule has 3 aromatic rings. The van der Waals surface area contributed by atoms with E-state index in [1.807, 2.05) is 30.5 Å². The summed E-state index contributed by atoms with van der Waals surface area (Å²) in [5.41, 5.74) is 2.46. The van der Waals surface area contributed by atoms with Gasteiger partial charge in [-0.05, 0) is 31.2 Å². The maximum Gasteiger partial charge on any atom is 0.265 e. The molecule has 1 amide bonds. The topological polar surface area (TPSA) is 56.1 Å². The van der Waals surface area contributed by atoms with E-state index in [4.69, 9.17) is 16.3 Å². The number of thioether (sulfide) groups is 1. The second-order valence-corrected chi connectivity index (χ2v) is 7.70. The van der Waals surface area contributed by atoms with Gasteiger partial charge in [0.25, 0.3) is 5.91 Å². The Bertz CT molecular complexity index is 967. The lowest BCUT2D eigenvalue weighted by molar-refractivity contribution is -0.122. The van der Waals surface area contributed by atoms with E-state index in [-0.39, 0.29) is 5.91 Å². The van der Waals surface area contributed by atoms with Gasteiger partial charge in [0.1, 0.15) is 5.75 Å². The molecule has 0 fully saturated rings. The molecule has 0 radical (unpaired) electrons. The van der Waals surface area contributed by atoms with Crippen molar-refractivity contribution >= 4 is 35.0 Å². The molecule has 1 N–H and O–H groups in total. The van der Waals surface area contributed by atoms with E-state index in [1.54, 1.807) is 43.0 Å². The molecular weight excluding hydrogens is 382 g/mol. The molecule has 0 aliphatic carbocycles. The van der Waals surface area contributed by atoms with Gasteiger partial charge in [0.05, 0.1) is 11.4 Å². The third-order valence-corrected chi connectivity index (χ3v) is 5.45. The monoisotopic (exact) mass is 399 g/mol. The predicted molar refractivity (Wildman–Crippen MR) is 109 cm³/mol. The van der Waals surface area contributed by atoms with Crippen molar-refractivity contribution in [3.05, 3.63) is 59.8 Å². The zero-order chi connectivity index (χ0) is 18.8. The third kappa shape index (κ3) is 3.96. The molecule has 2 aromatic carbocycles. The van der Waals surface area contributed by atoms with Crippen LogP contribution < -0.4 is 10.1 Å². The molecule has 138 valence electrons. The Morgan fingerprint density at radius 3 is 2.96 bits per heavy atom. The summed E-state index contributed by atoms with van der Waals surface area (Å²) in [4.78, 5) is 17.3. The second kappa shape index (κ2) is 7.66. The average Bonchev–Trinajstić information content (AvgIpc) is 3.24. The molecule has 1 atom stereocenters. The molecule has 7 heteroatoms. The third-order valence-electron chi connectivity index (χ3n) is 4.24. The number of anilines is 1. The molecule has 1 aliphatic rings. The van der Waals surface area contributed by atoms with Gasteiger partial charge >= 0.3 is 0 Å². The Hall–Kier alpha value is -2.44. The fourth-order valence-electron chi connectivity index (χ4n) is 2.89. The van der Waals surface area contributed by atoms with Crippen molar-refractivity contribution in [2.24, 2.45) is 0 Å². The standard InChI is InChI=1S/C20H18ClN3O2S/c1-13(26-15-6-4-5-14(21)11-15)19(25)22-17-8-3-2-7-16(17)18-12-24-9-10-27-20(24)23-18/h2-8,11-13H,9-10H2,1H3,(H,22,25). The maximum atomic E-state index is 12.6. The molecule has 0 bridgehead atoms. The van der Waals surface area contributed by atoms with Crippen LogP contribution in [0.2, 0.25) is 5.02 Å². The van der Waals surface area contributed by atoms with Gasteiger partial charge in [-0.3, -0.25) is 4.79 Å². The molecule has 27 heavy (non-hydrogen) atoms. The lowest BCUT2D eigenvalue weighted by atomic mass is 10.1. The zero-order valence-corrected chi connectivity index (χ0v) is 16.3. The van der Waals surface area contributed by atoms with Gasteiger partial charge in [0.2, 0.25) is 0 Å². The summed E-state index contributed by atoms with van der Waals surface area (Å²) >= 11 is 7.71. The minimum atomic E-state index is -0.668. The molecule has 4 rings (SSSR count). The summed E-state index contributed by atoms with van der Waals surface area (Å²) in [6, 6.07) is 14.7. The quantitative estimate of drug-likeness (QED) is 0.674. The van der Waals surface area contributed by atoms with Gasteiger partial charge in [-0.25, -0.2) is 4.98 Å². The van der Waals surface area contributed by atoms with Gasteiger partial charge in [0.15, 0.2) is 11.3 Å². The minimum absolute atomic E-state index is 0.233. The highest BCUT2D eigenvalue weighted by atomic mass is 35.5.